The molecule has 0 spiro atoms. The Morgan fingerprint density at radius 1 is 1.24 bits per heavy atom. The lowest BCUT2D eigenvalue weighted by atomic mass is 10.1. The van der Waals surface area contributed by atoms with E-state index in [1.54, 1.807) is 0 Å². The van der Waals surface area contributed by atoms with Crippen LogP contribution in [-0.2, 0) is 0 Å². The van der Waals surface area contributed by atoms with Crippen molar-refractivity contribution in [1.82, 2.24) is 20.2 Å². The van der Waals surface area contributed by atoms with E-state index in [1.165, 1.54) is 12.6 Å². The molecule has 6 nitrogen and oxygen atoms in total. The highest BCUT2D eigenvalue weighted by atomic mass is 35.5. The van der Waals surface area contributed by atoms with Crippen LogP contribution in [0.1, 0.15) is 57.4 Å². The van der Waals surface area contributed by atoms with E-state index < -0.39 is 0 Å². The minimum Gasteiger partial charge on any atom is -0.349 e. The second kappa shape index (κ2) is 9.34. The zero-order chi connectivity index (χ0) is 18.4. The van der Waals surface area contributed by atoms with Crippen LogP contribution in [0.4, 0.5) is 5.95 Å². The third kappa shape index (κ3) is 5.54. The number of hydrogen-bond acceptors (Lipinski definition) is 5. The molecule has 0 radical (unpaired) electrons. The molecule has 1 aliphatic heterocycles. The Hall–Kier alpha value is -1.40. The van der Waals surface area contributed by atoms with E-state index in [0.29, 0.717) is 29.6 Å². The van der Waals surface area contributed by atoms with Crippen molar-refractivity contribution in [3.8, 4) is 0 Å². The molecule has 0 aromatic carbocycles. The van der Waals surface area contributed by atoms with Crippen molar-refractivity contribution in [2.75, 3.05) is 31.1 Å². The Balaban J connectivity index is 1.98. The highest BCUT2D eigenvalue weighted by Crippen LogP contribution is 2.19. The van der Waals surface area contributed by atoms with Gasteiger partial charge in [0.25, 0.3) is 5.91 Å². The number of anilines is 1. The molecule has 2 rings (SSSR count). The number of piperidine rings is 1. The summed E-state index contributed by atoms with van der Waals surface area (Å²) in [5.41, 5.74) is 0.262. The summed E-state index contributed by atoms with van der Waals surface area (Å²) in [5, 5.41) is 3.23. The largest absolute Gasteiger partial charge is 0.349 e. The summed E-state index contributed by atoms with van der Waals surface area (Å²) in [6, 6.07) is 0.871. The van der Waals surface area contributed by atoms with Gasteiger partial charge in [-0.15, -0.1) is 0 Å². The number of carbonyl (C=O) groups excluding carboxylic acids is 1. The number of rotatable bonds is 7. The zero-order valence-corrected chi connectivity index (χ0v) is 16.5. The van der Waals surface area contributed by atoms with Gasteiger partial charge in [-0.2, -0.15) is 0 Å². The normalized spacial score (nSPS) is 15.3. The van der Waals surface area contributed by atoms with Crippen LogP contribution in [0.25, 0.3) is 0 Å². The van der Waals surface area contributed by atoms with Crippen LogP contribution < -0.4 is 10.2 Å². The molecule has 0 bridgehead atoms. The Bertz CT molecular complexity index is 565. The number of aromatic nitrogens is 2. The fourth-order valence-electron chi connectivity index (χ4n) is 3.26. The lowest BCUT2D eigenvalue weighted by Crippen LogP contribution is -2.42. The Morgan fingerprint density at radius 2 is 1.88 bits per heavy atom. The summed E-state index contributed by atoms with van der Waals surface area (Å²) < 4.78 is 0. The maximum absolute atomic E-state index is 12.5. The molecule has 0 saturated carbocycles. The number of nitrogens with zero attached hydrogens (tertiary/aromatic N) is 4. The summed E-state index contributed by atoms with van der Waals surface area (Å²) >= 11 is 6.16. The van der Waals surface area contributed by atoms with Gasteiger partial charge in [-0.1, -0.05) is 11.6 Å². The summed E-state index contributed by atoms with van der Waals surface area (Å²) in [4.78, 5) is 25.7. The molecule has 0 unspecified atom stereocenters. The van der Waals surface area contributed by atoms with Crippen LogP contribution >= 0.6 is 11.6 Å². The zero-order valence-electron chi connectivity index (χ0n) is 15.8. The predicted molar refractivity (Wildman–Crippen MR) is 102 cm³/mol. The molecule has 2 heterocycles. The minimum atomic E-state index is -0.238. The van der Waals surface area contributed by atoms with Crippen LogP contribution in [0, 0.1) is 0 Å². The van der Waals surface area contributed by atoms with E-state index in [-0.39, 0.29) is 11.6 Å². The quantitative estimate of drug-likeness (QED) is 0.802. The monoisotopic (exact) mass is 367 g/mol. The maximum atomic E-state index is 12.5. The Kier molecular flexibility index (Phi) is 7.44. The Labute approximate surface area is 156 Å². The smallest absolute Gasteiger partial charge is 0.271 e. The van der Waals surface area contributed by atoms with Gasteiger partial charge in [0.05, 0.1) is 11.2 Å². The minimum absolute atomic E-state index is 0.238. The van der Waals surface area contributed by atoms with Crippen LogP contribution in [0.2, 0.25) is 5.02 Å². The lowest BCUT2D eigenvalue weighted by molar-refractivity contribution is 0.0934. The van der Waals surface area contributed by atoms with Gasteiger partial charge >= 0.3 is 0 Å². The lowest BCUT2D eigenvalue weighted by Gasteiger charge is -2.30. The predicted octanol–water partition coefficient (Wildman–Crippen LogP) is 2.97. The molecular formula is C18H30ClN5O. The molecule has 1 amide bonds. The second-order valence-electron chi connectivity index (χ2n) is 7.10. The Morgan fingerprint density at radius 3 is 2.48 bits per heavy atom. The molecule has 1 aliphatic rings. The summed E-state index contributed by atoms with van der Waals surface area (Å²) in [5.74, 6) is 0.360. The summed E-state index contributed by atoms with van der Waals surface area (Å²) in [6.07, 6.45) is 5.03. The molecule has 25 heavy (non-hydrogen) atoms. The number of hydrogen-bond donors (Lipinski definition) is 1. The molecule has 140 valence electrons. The number of amides is 1. The average Bonchev–Trinajstić information content (AvgIpc) is 2.59. The van der Waals surface area contributed by atoms with Crippen molar-refractivity contribution in [2.45, 2.75) is 59.0 Å². The van der Waals surface area contributed by atoms with Crippen molar-refractivity contribution in [3.63, 3.8) is 0 Å². The standard InChI is InChI=1S/C18H30ClN5O/c1-13(2)24(14(3)4)11-8-20-17(25)16-15(19)12-21-18(22-16)23-9-6-5-7-10-23/h12-14H,5-11H2,1-4H3,(H,20,25). The molecule has 7 heteroatoms. The average molecular weight is 368 g/mol. The van der Waals surface area contributed by atoms with Gasteiger partial charge in [0.2, 0.25) is 5.95 Å². The van der Waals surface area contributed by atoms with Crippen molar-refractivity contribution < 1.29 is 4.79 Å². The van der Waals surface area contributed by atoms with E-state index in [1.807, 2.05) is 0 Å². The van der Waals surface area contributed by atoms with Crippen LogP contribution in [0.15, 0.2) is 6.20 Å². The van der Waals surface area contributed by atoms with Crippen molar-refractivity contribution in [3.05, 3.63) is 16.9 Å². The number of carbonyl (C=O) groups is 1. The highest BCUT2D eigenvalue weighted by Gasteiger charge is 2.19. The highest BCUT2D eigenvalue weighted by molar-refractivity contribution is 6.33. The fraction of sp³-hybridized carbons (Fsp3) is 0.722. The first kappa shape index (κ1) is 19.9. The van der Waals surface area contributed by atoms with Crippen LogP contribution in [0.5, 0.6) is 0 Å². The first-order valence-corrected chi connectivity index (χ1v) is 9.59. The van der Waals surface area contributed by atoms with Gasteiger partial charge in [0.15, 0.2) is 5.69 Å². The molecule has 1 saturated heterocycles. The van der Waals surface area contributed by atoms with E-state index in [2.05, 4.69) is 52.8 Å². The molecule has 1 aromatic rings. The third-order valence-electron chi connectivity index (χ3n) is 4.57. The molecule has 0 atom stereocenters. The van der Waals surface area contributed by atoms with E-state index in [0.717, 1.165) is 32.5 Å². The van der Waals surface area contributed by atoms with E-state index >= 15 is 0 Å². The van der Waals surface area contributed by atoms with E-state index in [9.17, 15) is 4.79 Å². The van der Waals surface area contributed by atoms with Gasteiger partial charge in [-0.25, -0.2) is 9.97 Å². The third-order valence-corrected chi connectivity index (χ3v) is 4.84. The second-order valence-corrected chi connectivity index (χ2v) is 7.50. The molecule has 0 aliphatic carbocycles. The first-order valence-electron chi connectivity index (χ1n) is 9.21. The molecule has 1 fully saturated rings. The maximum Gasteiger partial charge on any atom is 0.271 e. The molecular weight excluding hydrogens is 338 g/mol. The van der Waals surface area contributed by atoms with E-state index in [4.69, 9.17) is 11.6 Å². The first-order chi connectivity index (χ1) is 11.9. The van der Waals surface area contributed by atoms with Gasteiger partial charge in [-0.3, -0.25) is 9.69 Å². The van der Waals surface area contributed by atoms with Crippen LogP contribution in [-0.4, -0.2) is 59.0 Å². The van der Waals surface area contributed by atoms with Crippen molar-refractivity contribution in [1.29, 1.82) is 0 Å². The van der Waals surface area contributed by atoms with Gasteiger partial charge in [0.1, 0.15) is 0 Å². The topological polar surface area (TPSA) is 61.4 Å². The van der Waals surface area contributed by atoms with Crippen molar-refractivity contribution >= 4 is 23.5 Å². The van der Waals surface area contributed by atoms with Crippen molar-refractivity contribution in [2.24, 2.45) is 0 Å². The SMILES string of the molecule is CC(C)N(CCNC(=O)c1nc(N2CCCCC2)ncc1Cl)C(C)C. The van der Waals surface area contributed by atoms with Crippen LogP contribution in [0.3, 0.4) is 0 Å². The summed E-state index contributed by atoms with van der Waals surface area (Å²) in [7, 11) is 0. The summed E-state index contributed by atoms with van der Waals surface area (Å²) in [6.45, 7) is 11.9. The number of halogens is 1. The van der Waals surface area contributed by atoms with Gasteiger partial charge in [-0.05, 0) is 47.0 Å². The van der Waals surface area contributed by atoms with Gasteiger partial charge < -0.3 is 10.2 Å². The number of nitrogens with one attached hydrogen (secondary N) is 1. The van der Waals surface area contributed by atoms with Gasteiger partial charge in [0, 0.05) is 38.3 Å². The fourth-order valence-corrected chi connectivity index (χ4v) is 3.44. The molecule has 1 N–H and O–H groups in total. The molecule has 1 aromatic heterocycles.